The Labute approximate surface area is 117 Å². The molecular formula is C15H15ClN2O. The monoisotopic (exact) mass is 274 g/mol. The van der Waals surface area contributed by atoms with E-state index in [1.54, 1.807) is 24.3 Å². The number of nitrogen functional groups attached to an aromatic ring is 1. The van der Waals surface area contributed by atoms with Crippen molar-refractivity contribution in [1.29, 1.82) is 0 Å². The maximum atomic E-state index is 12.1. The Morgan fingerprint density at radius 3 is 2.53 bits per heavy atom. The van der Waals surface area contributed by atoms with E-state index >= 15 is 0 Å². The van der Waals surface area contributed by atoms with Crippen molar-refractivity contribution in [1.82, 2.24) is 0 Å². The highest BCUT2D eigenvalue weighted by molar-refractivity contribution is 6.31. The molecule has 0 saturated heterocycles. The average Bonchev–Trinajstić information content (AvgIpc) is 2.36. The van der Waals surface area contributed by atoms with Crippen LogP contribution in [0, 0.1) is 13.8 Å². The number of rotatable bonds is 2. The summed E-state index contributed by atoms with van der Waals surface area (Å²) in [5.74, 6) is -0.199. The van der Waals surface area contributed by atoms with Gasteiger partial charge in [0.15, 0.2) is 0 Å². The number of halogens is 1. The number of nitrogens with one attached hydrogen (secondary N) is 1. The van der Waals surface area contributed by atoms with E-state index in [0.29, 0.717) is 22.0 Å². The minimum absolute atomic E-state index is 0.199. The molecule has 0 bridgehead atoms. The van der Waals surface area contributed by atoms with Crippen molar-refractivity contribution < 1.29 is 4.79 Å². The van der Waals surface area contributed by atoms with Crippen LogP contribution >= 0.6 is 11.6 Å². The molecule has 0 radical (unpaired) electrons. The van der Waals surface area contributed by atoms with E-state index in [1.165, 1.54) is 0 Å². The quantitative estimate of drug-likeness (QED) is 0.819. The molecular weight excluding hydrogens is 260 g/mol. The fourth-order valence-electron chi connectivity index (χ4n) is 1.78. The largest absolute Gasteiger partial charge is 0.397 e. The molecule has 2 rings (SSSR count). The number of carbonyl (C=O) groups is 1. The molecule has 0 aliphatic heterocycles. The number of amides is 1. The first-order valence-corrected chi connectivity index (χ1v) is 6.29. The molecule has 0 atom stereocenters. The predicted octanol–water partition coefficient (Wildman–Crippen LogP) is 3.79. The zero-order valence-corrected chi connectivity index (χ0v) is 11.6. The van der Waals surface area contributed by atoms with Crippen LogP contribution in [-0.2, 0) is 0 Å². The summed E-state index contributed by atoms with van der Waals surface area (Å²) >= 11 is 5.94. The van der Waals surface area contributed by atoms with E-state index in [1.807, 2.05) is 26.0 Å². The first kappa shape index (κ1) is 13.4. The van der Waals surface area contributed by atoms with E-state index in [-0.39, 0.29) is 5.91 Å². The third-order valence-corrected chi connectivity index (χ3v) is 3.30. The average molecular weight is 275 g/mol. The van der Waals surface area contributed by atoms with Crippen LogP contribution in [0.25, 0.3) is 0 Å². The fraction of sp³-hybridized carbons (Fsp3) is 0.133. The van der Waals surface area contributed by atoms with Gasteiger partial charge >= 0.3 is 0 Å². The van der Waals surface area contributed by atoms with Crippen LogP contribution in [-0.4, -0.2) is 5.91 Å². The van der Waals surface area contributed by atoms with Crippen molar-refractivity contribution in [2.24, 2.45) is 0 Å². The van der Waals surface area contributed by atoms with Crippen LogP contribution in [0.3, 0.4) is 0 Å². The number of aryl methyl sites for hydroxylation is 2. The molecule has 3 N–H and O–H groups in total. The second kappa shape index (κ2) is 5.33. The lowest BCUT2D eigenvalue weighted by molar-refractivity contribution is 0.102. The number of nitrogens with two attached hydrogens (primary N) is 1. The molecule has 2 aromatic rings. The molecule has 98 valence electrons. The molecule has 2 aromatic carbocycles. The van der Waals surface area contributed by atoms with E-state index < -0.39 is 0 Å². The Kier molecular flexibility index (Phi) is 3.76. The normalized spacial score (nSPS) is 10.3. The highest BCUT2D eigenvalue weighted by Gasteiger charge is 2.09. The molecule has 0 heterocycles. The molecule has 0 saturated carbocycles. The third-order valence-electron chi connectivity index (χ3n) is 2.88. The first-order chi connectivity index (χ1) is 8.97. The number of hydrogen-bond acceptors (Lipinski definition) is 2. The minimum Gasteiger partial charge on any atom is -0.397 e. The van der Waals surface area contributed by atoms with E-state index in [4.69, 9.17) is 17.3 Å². The molecule has 0 aliphatic rings. The van der Waals surface area contributed by atoms with Crippen LogP contribution in [0.5, 0.6) is 0 Å². The summed E-state index contributed by atoms with van der Waals surface area (Å²) in [6, 6.07) is 10.7. The predicted molar refractivity (Wildman–Crippen MR) is 79.7 cm³/mol. The minimum atomic E-state index is -0.199. The molecule has 0 spiro atoms. The summed E-state index contributed by atoms with van der Waals surface area (Å²) in [5, 5.41) is 3.44. The van der Waals surface area contributed by atoms with Crippen molar-refractivity contribution in [3.05, 3.63) is 58.1 Å². The van der Waals surface area contributed by atoms with Gasteiger partial charge in [0.2, 0.25) is 0 Å². The summed E-state index contributed by atoms with van der Waals surface area (Å²) in [4.78, 5) is 12.1. The van der Waals surface area contributed by atoms with Crippen molar-refractivity contribution in [2.45, 2.75) is 13.8 Å². The highest BCUT2D eigenvalue weighted by atomic mass is 35.5. The van der Waals surface area contributed by atoms with Gasteiger partial charge in [-0.05, 0) is 55.3 Å². The molecule has 4 heteroatoms. The first-order valence-electron chi connectivity index (χ1n) is 5.91. The summed E-state index contributed by atoms with van der Waals surface area (Å²) in [6.07, 6.45) is 0. The number of hydrogen-bond donors (Lipinski definition) is 2. The second-order valence-corrected chi connectivity index (χ2v) is 4.92. The molecule has 0 aromatic heterocycles. The van der Waals surface area contributed by atoms with Gasteiger partial charge in [-0.3, -0.25) is 4.79 Å². The smallest absolute Gasteiger partial charge is 0.255 e. The maximum Gasteiger partial charge on any atom is 0.255 e. The van der Waals surface area contributed by atoms with Crippen molar-refractivity contribution >= 4 is 28.9 Å². The molecule has 1 amide bonds. The van der Waals surface area contributed by atoms with E-state index in [9.17, 15) is 4.79 Å². The lowest BCUT2D eigenvalue weighted by atomic mass is 10.1. The van der Waals surface area contributed by atoms with E-state index in [0.717, 1.165) is 11.1 Å². The van der Waals surface area contributed by atoms with Gasteiger partial charge < -0.3 is 11.1 Å². The van der Waals surface area contributed by atoms with Gasteiger partial charge in [-0.15, -0.1) is 0 Å². The van der Waals surface area contributed by atoms with Crippen molar-refractivity contribution in [2.75, 3.05) is 11.1 Å². The summed E-state index contributed by atoms with van der Waals surface area (Å²) < 4.78 is 0. The van der Waals surface area contributed by atoms with Crippen LogP contribution in [0.1, 0.15) is 21.5 Å². The lowest BCUT2D eigenvalue weighted by Crippen LogP contribution is -2.13. The molecule has 0 fully saturated rings. The Morgan fingerprint density at radius 2 is 1.89 bits per heavy atom. The van der Waals surface area contributed by atoms with Crippen LogP contribution in [0.2, 0.25) is 5.02 Å². The van der Waals surface area contributed by atoms with Crippen LogP contribution in [0.4, 0.5) is 11.4 Å². The van der Waals surface area contributed by atoms with Gasteiger partial charge in [0.1, 0.15) is 0 Å². The standard InChI is InChI=1S/C15H15ClN2O/c1-9-3-6-14(13(17)7-9)18-15(19)11-4-5-12(16)10(2)8-11/h3-8H,17H2,1-2H3,(H,18,19). The van der Waals surface area contributed by atoms with Gasteiger partial charge in [0.05, 0.1) is 11.4 Å². The topological polar surface area (TPSA) is 55.1 Å². The number of anilines is 2. The van der Waals surface area contributed by atoms with Gasteiger partial charge in [0, 0.05) is 10.6 Å². The molecule has 0 aliphatic carbocycles. The molecule has 0 unspecified atom stereocenters. The van der Waals surface area contributed by atoms with Gasteiger partial charge in [-0.2, -0.15) is 0 Å². The van der Waals surface area contributed by atoms with Crippen LogP contribution < -0.4 is 11.1 Å². The highest BCUT2D eigenvalue weighted by Crippen LogP contribution is 2.21. The summed E-state index contributed by atoms with van der Waals surface area (Å²) in [6.45, 7) is 3.81. The lowest BCUT2D eigenvalue weighted by Gasteiger charge is -2.09. The number of carbonyl (C=O) groups excluding carboxylic acids is 1. The Hall–Kier alpha value is -2.00. The Bertz CT molecular complexity index is 638. The van der Waals surface area contributed by atoms with Crippen molar-refractivity contribution in [3.63, 3.8) is 0 Å². The Balaban J connectivity index is 2.23. The second-order valence-electron chi connectivity index (χ2n) is 4.51. The molecule has 19 heavy (non-hydrogen) atoms. The Morgan fingerprint density at radius 1 is 1.16 bits per heavy atom. The summed E-state index contributed by atoms with van der Waals surface area (Å²) in [7, 11) is 0. The van der Waals surface area contributed by atoms with Crippen molar-refractivity contribution in [3.8, 4) is 0 Å². The van der Waals surface area contributed by atoms with Gasteiger partial charge in [-0.1, -0.05) is 17.7 Å². The third kappa shape index (κ3) is 3.06. The van der Waals surface area contributed by atoms with Crippen LogP contribution in [0.15, 0.2) is 36.4 Å². The number of benzene rings is 2. The zero-order chi connectivity index (χ0) is 14.0. The van der Waals surface area contributed by atoms with Gasteiger partial charge in [-0.25, -0.2) is 0 Å². The van der Waals surface area contributed by atoms with E-state index in [2.05, 4.69) is 5.32 Å². The zero-order valence-electron chi connectivity index (χ0n) is 10.8. The maximum absolute atomic E-state index is 12.1. The fourth-order valence-corrected chi connectivity index (χ4v) is 1.89. The summed E-state index contributed by atoms with van der Waals surface area (Å²) in [5.41, 5.74) is 9.51. The SMILES string of the molecule is Cc1ccc(NC(=O)c2ccc(Cl)c(C)c2)c(N)c1. The van der Waals surface area contributed by atoms with Gasteiger partial charge in [0.25, 0.3) is 5.91 Å². The molecule has 3 nitrogen and oxygen atoms in total.